The van der Waals surface area contributed by atoms with Crippen molar-refractivity contribution in [1.29, 1.82) is 0 Å². The van der Waals surface area contributed by atoms with E-state index < -0.39 is 0 Å². The molecule has 0 bridgehead atoms. The summed E-state index contributed by atoms with van der Waals surface area (Å²) in [5.41, 5.74) is 1.70. The molecule has 0 atom stereocenters. The van der Waals surface area contributed by atoms with Crippen LogP contribution in [-0.2, 0) is 6.54 Å². The van der Waals surface area contributed by atoms with Crippen LogP contribution in [0.5, 0.6) is 0 Å². The molecule has 0 unspecified atom stereocenters. The van der Waals surface area contributed by atoms with Crippen molar-refractivity contribution in [3.8, 4) is 0 Å². The second-order valence-electron chi connectivity index (χ2n) is 5.08. The van der Waals surface area contributed by atoms with Gasteiger partial charge in [0.1, 0.15) is 0 Å². The Balaban J connectivity index is 2.14. The van der Waals surface area contributed by atoms with Crippen LogP contribution in [0.1, 0.15) is 23.7 Å². The van der Waals surface area contributed by atoms with E-state index in [-0.39, 0.29) is 5.91 Å². The Labute approximate surface area is 154 Å². The van der Waals surface area contributed by atoms with Gasteiger partial charge < -0.3 is 4.57 Å². The summed E-state index contributed by atoms with van der Waals surface area (Å²) in [4.78, 5) is 17.6. The van der Waals surface area contributed by atoms with Crippen LogP contribution in [0.2, 0.25) is 0 Å². The quantitative estimate of drug-likeness (QED) is 0.524. The van der Waals surface area contributed by atoms with E-state index in [1.54, 1.807) is 12.1 Å². The fraction of sp³-hybridized carbons (Fsp3) is 0.176. The molecule has 3 rings (SSSR count). The minimum Gasteiger partial charge on any atom is -0.316 e. The second-order valence-corrected chi connectivity index (χ2v) is 7.92. The molecule has 1 heterocycles. The first-order chi connectivity index (χ1) is 11.1. The maximum Gasteiger partial charge on any atom is 0.279 e. The zero-order valence-electron chi connectivity index (χ0n) is 12.4. The average molecular weight is 454 g/mol. The molecule has 118 valence electrons. The number of carbonyl (C=O) groups is 1. The van der Waals surface area contributed by atoms with Gasteiger partial charge in [0.2, 0.25) is 0 Å². The summed E-state index contributed by atoms with van der Waals surface area (Å²) in [6.07, 6.45) is 0.986. The molecule has 0 aliphatic rings. The number of carbonyl (C=O) groups excluding carboxylic acids is 1. The monoisotopic (exact) mass is 452 g/mol. The van der Waals surface area contributed by atoms with Crippen LogP contribution in [0.3, 0.4) is 0 Å². The van der Waals surface area contributed by atoms with Crippen LogP contribution >= 0.6 is 43.2 Å². The predicted molar refractivity (Wildman–Crippen MR) is 102 cm³/mol. The number of fused-ring (bicyclic) bond motifs is 1. The first-order valence-corrected chi connectivity index (χ1v) is 9.62. The van der Waals surface area contributed by atoms with Crippen molar-refractivity contribution >= 4 is 59.3 Å². The van der Waals surface area contributed by atoms with Gasteiger partial charge in [-0.2, -0.15) is 4.99 Å². The van der Waals surface area contributed by atoms with Crippen LogP contribution < -0.4 is 4.80 Å². The van der Waals surface area contributed by atoms with Crippen molar-refractivity contribution in [3.63, 3.8) is 0 Å². The van der Waals surface area contributed by atoms with E-state index in [2.05, 4.69) is 60.5 Å². The number of aryl methyl sites for hydroxylation is 1. The van der Waals surface area contributed by atoms with Crippen molar-refractivity contribution in [3.05, 3.63) is 61.8 Å². The van der Waals surface area contributed by atoms with Gasteiger partial charge in [-0.1, -0.05) is 56.2 Å². The number of thiazole rings is 1. The van der Waals surface area contributed by atoms with E-state index in [9.17, 15) is 4.79 Å². The number of nitrogens with zero attached hydrogens (tertiary/aromatic N) is 2. The Bertz CT molecular complexity index is 943. The van der Waals surface area contributed by atoms with Crippen LogP contribution in [0.25, 0.3) is 10.2 Å². The average Bonchev–Trinajstić information content (AvgIpc) is 2.84. The first kappa shape index (κ1) is 16.6. The fourth-order valence-electron chi connectivity index (χ4n) is 2.34. The minimum atomic E-state index is -0.221. The van der Waals surface area contributed by atoms with Crippen molar-refractivity contribution in [2.75, 3.05) is 0 Å². The summed E-state index contributed by atoms with van der Waals surface area (Å²) in [6.45, 7) is 2.96. The van der Waals surface area contributed by atoms with E-state index in [0.717, 1.165) is 36.9 Å². The highest BCUT2D eigenvalue weighted by Crippen LogP contribution is 2.22. The van der Waals surface area contributed by atoms with Gasteiger partial charge in [0.05, 0.1) is 10.2 Å². The highest BCUT2D eigenvalue weighted by atomic mass is 79.9. The lowest BCUT2D eigenvalue weighted by atomic mass is 10.2. The SMILES string of the molecule is CCCn1c(=NC(=O)c2cccc(Br)c2)sc2cc(Br)ccc21. The molecule has 2 aromatic carbocycles. The van der Waals surface area contributed by atoms with Gasteiger partial charge >= 0.3 is 0 Å². The summed E-state index contributed by atoms with van der Waals surface area (Å²) in [6, 6.07) is 13.5. The molecule has 3 aromatic rings. The summed E-state index contributed by atoms with van der Waals surface area (Å²) in [5.74, 6) is -0.221. The van der Waals surface area contributed by atoms with Crippen LogP contribution in [-0.4, -0.2) is 10.5 Å². The molecule has 0 saturated heterocycles. The van der Waals surface area contributed by atoms with Gasteiger partial charge in [-0.15, -0.1) is 0 Å². The third kappa shape index (κ3) is 3.65. The molecule has 0 N–H and O–H groups in total. The molecular formula is C17H14Br2N2OS. The topological polar surface area (TPSA) is 34.4 Å². The van der Waals surface area contributed by atoms with Gasteiger partial charge in [0.25, 0.3) is 5.91 Å². The number of aromatic nitrogens is 1. The van der Waals surface area contributed by atoms with Crippen molar-refractivity contribution in [1.82, 2.24) is 4.57 Å². The molecular weight excluding hydrogens is 440 g/mol. The van der Waals surface area contributed by atoms with Gasteiger partial charge in [-0.25, -0.2) is 0 Å². The largest absolute Gasteiger partial charge is 0.316 e. The Morgan fingerprint density at radius 3 is 2.70 bits per heavy atom. The summed E-state index contributed by atoms with van der Waals surface area (Å²) in [5, 5.41) is 0. The van der Waals surface area contributed by atoms with Gasteiger partial charge in [0, 0.05) is 21.1 Å². The molecule has 6 heteroatoms. The predicted octanol–water partition coefficient (Wildman–Crippen LogP) is 5.38. The molecule has 0 radical (unpaired) electrons. The Kier molecular flexibility index (Phi) is 5.14. The Morgan fingerprint density at radius 1 is 1.17 bits per heavy atom. The number of halogens is 2. The number of hydrogen-bond donors (Lipinski definition) is 0. The second kappa shape index (κ2) is 7.11. The molecule has 0 saturated carbocycles. The van der Waals surface area contributed by atoms with E-state index in [4.69, 9.17) is 0 Å². The van der Waals surface area contributed by atoms with Crippen molar-refractivity contribution in [2.45, 2.75) is 19.9 Å². The van der Waals surface area contributed by atoms with Crippen LogP contribution in [0.4, 0.5) is 0 Å². The summed E-state index contributed by atoms with van der Waals surface area (Å²) in [7, 11) is 0. The maximum absolute atomic E-state index is 12.5. The third-order valence-corrected chi connectivity index (χ3v) is 5.39. The number of hydrogen-bond acceptors (Lipinski definition) is 2. The molecule has 0 aliphatic carbocycles. The van der Waals surface area contributed by atoms with Gasteiger partial charge in [0.15, 0.2) is 4.80 Å². The van der Waals surface area contributed by atoms with Crippen molar-refractivity contribution in [2.24, 2.45) is 4.99 Å². The highest BCUT2D eigenvalue weighted by molar-refractivity contribution is 9.10. The fourth-order valence-corrected chi connectivity index (χ4v) is 4.35. The first-order valence-electron chi connectivity index (χ1n) is 7.22. The molecule has 0 aliphatic heterocycles. The molecule has 0 fully saturated rings. The number of benzene rings is 2. The van der Waals surface area contributed by atoms with Crippen molar-refractivity contribution < 1.29 is 4.79 Å². The third-order valence-electron chi connectivity index (χ3n) is 3.36. The molecule has 23 heavy (non-hydrogen) atoms. The van der Waals surface area contributed by atoms with E-state index in [1.165, 1.54) is 11.3 Å². The van der Waals surface area contributed by atoms with E-state index in [1.807, 2.05) is 18.2 Å². The Hall–Kier alpha value is -1.24. The lowest BCUT2D eigenvalue weighted by molar-refractivity contribution is 0.0997. The molecule has 1 amide bonds. The molecule has 3 nitrogen and oxygen atoms in total. The molecule has 1 aromatic heterocycles. The maximum atomic E-state index is 12.5. The zero-order valence-corrected chi connectivity index (χ0v) is 16.4. The standard InChI is InChI=1S/C17H14Br2N2OS/c1-2-8-21-14-7-6-13(19)10-15(14)23-17(21)20-16(22)11-4-3-5-12(18)9-11/h3-7,9-10H,2,8H2,1H3. The summed E-state index contributed by atoms with van der Waals surface area (Å²) >= 11 is 8.42. The lowest BCUT2D eigenvalue weighted by Gasteiger charge is -2.02. The highest BCUT2D eigenvalue weighted by Gasteiger charge is 2.09. The number of amides is 1. The van der Waals surface area contributed by atoms with Crippen LogP contribution in [0, 0.1) is 0 Å². The zero-order chi connectivity index (χ0) is 16.4. The number of rotatable bonds is 3. The smallest absolute Gasteiger partial charge is 0.279 e. The van der Waals surface area contributed by atoms with Gasteiger partial charge in [-0.05, 0) is 42.8 Å². The Morgan fingerprint density at radius 2 is 1.96 bits per heavy atom. The van der Waals surface area contributed by atoms with Gasteiger partial charge in [-0.3, -0.25) is 4.79 Å². The molecule has 0 spiro atoms. The normalized spacial score (nSPS) is 12.0. The lowest BCUT2D eigenvalue weighted by Crippen LogP contribution is -2.16. The van der Waals surface area contributed by atoms with E-state index >= 15 is 0 Å². The van der Waals surface area contributed by atoms with E-state index in [0.29, 0.717) is 5.56 Å². The summed E-state index contributed by atoms with van der Waals surface area (Å²) < 4.78 is 5.14. The minimum absolute atomic E-state index is 0.221. The van der Waals surface area contributed by atoms with Crippen LogP contribution in [0.15, 0.2) is 56.4 Å².